The van der Waals surface area contributed by atoms with E-state index in [4.69, 9.17) is 0 Å². The van der Waals surface area contributed by atoms with Crippen LogP contribution >= 0.6 is 0 Å². The van der Waals surface area contributed by atoms with Crippen LogP contribution < -0.4 is 40.0 Å². The topological polar surface area (TPSA) is 86.3 Å². The van der Waals surface area contributed by atoms with Crippen LogP contribution in [0.3, 0.4) is 0 Å². The molecule has 21 heavy (non-hydrogen) atoms. The number of ketones is 1. The van der Waals surface area contributed by atoms with Gasteiger partial charge >= 0.3 is 29.6 Å². The van der Waals surface area contributed by atoms with Gasteiger partial charge in [-0.05, 0) is 24.3 Å². The predicted octanol–water partition coefficient (Wildman–Crippen LogP) is -2.12. The molecule has 1 amide bonds. The van der Waals surface area contributed by atoms with Crippen molar-refractivity contribution in [3.63, 3.8) is 0 Å². The fourth-order valence-corrected chi connectivity index (χ4v) is 1.68. The van der Waals surface area contributed by atoms with Gasteiger partial charge in [0.25, 0.3) is 5.91 Å². The van der Waals surface area contributed by atoms with Crippen LogP contribution in [0.15, 0.2) is 54.6 Å². The summed E-state index contributed by atoms with van der Waals surface area (Å²) < 4.78 is 0. The molecule has 0 aliphatic rings. The Morgan fingerprint density at radius 3 is 2.05 bits per heavy atom. The second-order valence-corrected chi connectivity index (χ2v) is 3.98. The Morgan fingerprint density at radius 2 is 1.43 bits per heavy atom. The number of para-hydroxylation sites is 1. The summed E-state index contributed by atoms with van der Waals surface area (Å²) in [5.74, 6) is -3.41. The number of aliphatic carboxylic acids is 1. The number of carboxylic acids is 1. The van der Waals surface area contributed by atoms with Gasteiger partial charge in [0.05, 0.1) is 5.69 Å². The molecule has 0 unspecified atom stereocenters. The minimum atomic E-state index is -1.81. The van der Waals surface area contributed by atoms with Crippen LogP contribution in [0.1, 0.15) is 20.7 Å². The third kappa shape index (κ3) is 4.26. The van der Waals surface area contributed by atoms with E-state index in [1.165, 1.54) is 18.2 Å². The molecule has 1 N–H and O–H groups in total. The minimum Gasteiger partial charge on any atom is -0.541 e. The Balaban J connectivity index is 0.00000220. The van der Waals surface area contributed by atoms with Crippen molar-refractivity contribution in [2.75, 3.05) is 5.32 Å². The molecule has 0 spiro atoms. The normalized spacial score (nSPS) is 9.33. The third-order valence-corrected chi connectivity index (χ3v) is 2.64. The summed E-state index contributed by atoms with van der Waals surface area (Å²) in [5, 5.41) is 13.1. The molecule has 2 rings (SSSR count). The van der Waals surface area contributed by atoms with Gasteiger partial charge in [-0.3, -0.25) is 9.59 Å². The number of carbonyl (C=O) groups excluding carboxylic acids is 3. The summed E-state index contributed by atoms with van der Waals surface area (Å²) in [6.07, 6.45) is 0. The van der Waals surface area contributed by atoms with Crippen LogP contribution in [0.25, 0.3) is 0 Å². The van der Waals surface area contributed by atoms with Crippen molar-refractivity contribution in [3.05, 3.63) is 65.7 Å². The fourth-order valence-electron chi connectivity index (χ4n) is 1.68. The summed E-state index contributed by atoms with van der Waals surface area (Å²) in [5.41, 5.74) is 0.426. The van der Waals surface area contributed by atoms with Crippen molar-refractivity contribution in [2.45, 2.75) is 0 Å². The molecule has 0 bridgehead atoms. The molecule has 0 saturated carbocycles. The number of benzene rings is 2. The summed E-state index contributed by atoms with van der Waals surface area (Å²) in [6.45, 7) is 0. The molecule has 0 heterocycles. The molecule has 0 saturated heterocycles. The summed E-state index contributed by atoms with van der Waals surface area (Å²) in [4.78, 5) is 34.1. The van der Waals surface area contributed by atoms with Crippen molar-refractivity contribution >= 4 is 23.3 Å². The third-order valence-electron chi connectivity index (χ3n) is 2.64. The second-order valence-electron chi connectivity index (χ2n) is 3.98. The van der Waals surface area contributed by atoms with Gasteiger partial charge in [-0.25, -0.2) is 0 Å². The molecule has 2 aromatic rings. The summed E-state index contributed by atoms with van der Waals surface area (Å²) in [6, 6.07) is 14.3. The van der Waals surface area contributed by atoms with Gasteiger partial charge in [0, 0.05) is 11.1 Å². The van der Waals surface area contributed by atoms with E-state index >= 15 is 0 Å². The quantitative estimate of drug-likeness (QED) is 0.396. The summed E-state index contributed by atoms with van der Waals surface area (Å²) >= 11 is 0. The van der Waals surface area contributed by atoms with Crippen LogP contribution in [0.4, 0.5) is 5.69 Å². The number of nitrogens with one attached hydrogen (secondary N) is 1. The fraction of sp³-hybridized carbons (Fsp3) is 0. The number of hydrogen-bond acceptors (Lipinski definition) is 4. The molecule has 0 fully saturated rings. The van der Waals surface area contributed by atoms with Crippen LogP contribution in [0, 0.1) is 0 Å². The largest absolute Gasteiger partial charge is 1.00 e. The van der Waals surface area contributed by atoms with Gasteiger partial charge in [-0.1, -0.05) is 30.3 Å². The van der Waals surface area contributed by atoms with Gasteiger partial charge < -0.3 is 15.2 Å². The zero-order chi connectivity index (χ0) is 14.5. The number of carbonyl (C=O) groups is 3. The van der Waals surface area contributed by atoms with Crippen molar-refractivity contribution in [1.29, 1.82) is 0 Å². The number of amides is 1. The van der Waals surface area contributed by atoms with Gasteiger partial charge in [0.15, 0.2) is 0 Å². The molecule has 100 valence electrons. The Morgan fingerprint density at radius 1 is 0.857 bits per heavy atom. The molecule has 2 aromatic carbocycles. The first-order valence-electron chi connectivity index (χ1n) is 5.80. The maximum absolute atomic E-state index is 12.0. The number of carboxylic acid groups (broad SMARTS) is 1. The van der Waals surface area contributed by atoms with E-state index in [1.54, 1.807) is 36.4 Å². The minimum absolute atomic E-state index is 0. The molecular weight excluding hydrogens is 281 g/mol. The molecule has 0 aromatic heterocycles. The van der Waals surface area contributed by atoms with Gasteiger partial charge in [0.1, 0.15) is 5.97 Å². The Labute approximate surface area is 143 Å². The summed E-state index contributed by atoms with van der Waals surface area (Å²) in [7, 11) is 0. The monoisotopic (exact) mass is 291 g/mol. The van der Waals surface area contributed by atoms with Crippen molar-refractivity contribution in [1.82, 2.24) is 0 Å². The Bertz CT molecular complexity index is 670. The van der Waals surface area contributed by atoms with E-state index in [9.17, 15) is 19.5 Å². The predicted molar refractivity (Wildman–Crippen MR) is 70.2 cm³/mol. The number of rotatable bonds is 4. The molecule has 6 heteroatoms. The van der Waals surface area contributed by atoms with Crippen LogP contribution in [-0.2, 0) is 4.79 Å². The van der Waals surface area contributed by atoms with E-state index in [0.717, 1.165) is 0 Å². The SMILES string of the molecule is O=C([O-])C(=O)c1ccccc1NC(=O)c1ccccc1.[Na+]. The van der Waals surface area contributed by atoms with E-state index in [1.807, 2.05) is 0 Å². The Kier molecular flexibility index (Phi) is 6.30. The standard InChI is InChI=1S/C15H11NO4.Na/c17-13(15(19)20)11-8-4-5-9-12(11)16-14(18)10-6-2-1-3-7-10;/h1-9H,(H,16,18)(H,19,20);/q;+1/p-1. The number of Topliss-reactive ketones (excluding diaryl/α,β-unsaturated/α-hetero) is 1. The first kappa shape index (κ1) is 17.1. The van der Waals surface area contributed by atoms with Crippen molar-refractivity contribution < 1.29 is 49.0 Å². The van der Waals surface area contributed by atoms with Crippen molar-refractivity contribution in [2.24, 2.45) is 0 Å². The molecular formula is C15H10NNaO4. The van der Waals surface area contributed by atoms with Crippen LogP contribution in [-0.4, -0.2) is 17.7 Å². The molecule has 0 aliphatic heterocycles. The Hall–Kier alpha value is -1.95. The second kappa shape index (κ2) is 7.73. The van der Waals surface area contributed by atoms with Crippen LogP contribution in [0.2, 0.25) is 0 Å². The zero-order valence-electron chi connectivity index (χ0n) is 11.3. The van der Waals surface area contributed by atoms with E-state index in [2.05, 4.69) is 5.32 Å². The smallest absolute Gasteiger partial charge is 0.541 e. The first-order valence-corrected chi connectivity index (χ1v) is 5.80. The van der Waals surface area contributed by atoms with E-state index in [-0.39, 0.29) is 40.8 Å². The average Bonchev–Trinajstić information content (AvgIpc) is 2.48. The number of anilines is 1. The molecule has 5 nitrogen and oxygen atoms in total. The van der Waals surface area contributed by atoms with Gasteiger partial charge in [0.2, 0.25) is 5.78 Å². The van der Waals surface area contributed by atoms with E-state index in [0.29, 0.717) is 5.56 Å². The van der Waals surface area contributed by atoms with Gasteiger partial charge in [-0.15, -0.1) is 0 Å². The average molecular weight is 291 g/mol. The first-order chi connectivity index (χ1) is 9.59. The number of hydrogen-bond donors (Lipinski definition) is 1. The van der Waals surface area contributed by atoms with Gasteiger partial charge in [-0.2, -0.15) is 0 Å². The maximum atomic E-state index is 12.0. The van der Waals surface area contributed by atoms with Crippen molar-refractivity contribution in [3.8, 4) is 0 Å². The molecule has 0 aliphatic carbocycles. The molecule has 0 radical (unpaired) electrons. The van der Waals surface area contributed by atoms with Crippen LogP contribution in [0.5, 0.6) is 0 Å². The van der Waals surface area contributed by atoms with E-state index < -0.39 is 17.7 Å². The molecule has 0 atom stereocenters. The maximum Gasteiger partial charge on any atom is 1.00 e. The zero-order valence-corrected chi connectivity index (χ0v) is 13.3.